The summed E-state index contributed by atoms with van der Waals surface area (Å²) >= 11 is 10.3. The quantitative estimate of drug-likeness (QED) is 0.239. The Bertz CT molecular complexity index is 1530. The van der Waals surface area contributed by atoms with E-state index in [1.807, 2.05) is 13.0 Å². The largest absolute Gasteiger partial charge is 0.490 e. The Balaban J connectivity index is 1.44. The van der Waals surface area contributed by atoms with Crippen molar-refractivity contribution in [2.24, 2.45) is 0 Å². The van der Waals surface area contributed by atoms with Gasteiger partial charge in [0.25, 0.3) is 17.1 Å². The number of nitrogens with one attached hydrogen (secondary N) is 2. The van der Waals surface area contributed by atoms with Crippen molar-refractivity contribution in [3.63, 3.8) is 0 Å². The van der Waals surface area contributed by atoms with Gasteiger partial charge in [0.1, 0.15) is 6.54 Å². The maximum Gasteiger partial charge on any atom is 0.294 e. The van der Waals surface area contributed by atoms with Crippen LogP contribution in [-0.4, -0.2) is 47.6 Å². The average molecular weight is 659 g/mol. The van der Waals surface area contributed by atoms with Crippen LogP contribution in [-0.2, 0) is 14.4 Å². The van der Waals surface area contributed by atoms with Gasteiger partial charge in [0.05, 0.1) is 16.0 Å². The topological polar surface area (TPSA) is 114 Å². The number of para-hydroxylation sites is 1. The summed E-state index contributed by atoms with van der Waals surface area (Å²) in [5, 5.41) is 5.38. The highest BCUT2D eigenvalue weighted by Crippen LogP contribution is 2.39. The van der Waals surface area contributed by atoms with Gasteiger partial charge in [0, 0.05) is 16.4 Å². The van der Waals surface area contributed by atoms with Gasteiger partial charge in [0.2, 0.25) is 5.91 Å². The van der Waals surface area contributed by atoms with Crippen molar-refractivity contribution in [1.29, 1.82) is 0 Å². The van der Waals surface area contributed by atoms with Gasteiger partial charge in [-0.05, 0) is 95.1 Å². The number of imide groups is 1. The molecule has 0 aliphatic carbocycles. The number of anilines is 2. The van der Waals surface area contributed by atoms with E-state index in [0.717, 1.165) is 22.2 Å². The lowest BCUT2D eigenvalue weighted by Crippen LogP contribution is -2.36. The lowest BCUT2D eigenvalue weighted by Gasteiger charge is -2.15. The Morgan fingerprint density at radius 3 is 2.44 bits per heavy atom. The van der Waals surface area contributed by atoms with Crippen LogP contribution in [0, 0.1) is 6.92 Å². The molecule has 0 aromatic heterocycles. The predicted octanol–water partition coefficient (Wildman–Crippen LogP) is 6.50. The molecule has 41 heavy (non-hydrogen) atoms. The lowest BCUT2D eigenvalue weighted by molar-refractivity contribution is -0.127. The molecule has 0 unspecified atom stereocenters. The number of hydrogen-bond acceptors (Lipinski definition) is 7. The normalized spacial score (nSPS) is 13.9. The van der Waals surface area contributed by atoms with Crippen LogP contribution in [0.25, 0.3) is 6.08 Å². The number of hydrogen-bond donors (Lipinski definition) is 2. The number of ether oxygens (including phenoxy) is 2. The Labute approximate surface area is 254 Å². The molecule has 212 valence electrons. The van der Waals surface area contributed by atoms with E-state index in [2.05, 4.69) is 26.6 Å². The molecule has 1 aliphatic rings. The van der Waals surface area contributed by atoms with Gasteiger partial charge in [-0.25, -0.2) is 0 Å². The predicted molar refractivity (Wildman–Crippen MR) is 163 cm³/mol. The van der Waals surface area contributed by atoms with E-state index in [-0.39, 0.29) is 11.5 Å². The summed E-state index contributed by atoms with van der Waals surface area (Å²) in [5.74, 6) is -0.830. The van der Waals surface area contributed by atoms with Gasteiger partial charge in [0.15, 0.2) is 18.1 Å². The number of aryl methyl sites for hydroxylation is 1. The molecule has 3 aromatic rings. The van der Waals surface area contributed by atoms with Crippen LogP contribution in [0.15, 0.2) is 70.0 Å². The molecule has 9 nitrogen and oxygen atoms in total. The Hall–Kier alpha value is -3.80. The van der Waals surface area contributed by atoms with Crippen molar-refractivity contribution in [2.75, 3.05) is 30.4 Å². The third kappa shape index (κ3) is 7.90. The number of carbonyl (C=O) groups excluding carboxylic acids is 4. The van der Waals surface area contributed by atoms with E-state index in [1.54, 1.807) is 61.5 Å². The second-order valence-corrected chi connectivity index (χ2v) is 11.0. The average Bonchev–Trinajstić information content (AvgIpc) is 3.18. The van der Waals surface area contributed by atoms with Crippen molar-refractivity contribution in [1.82, 2.24) is 4.90 Å². The van der Waals surface area contributed by atoms with Crippen molar-refractivity contribution >= 4 is 79.7 Å². The van der Waals surface area contributed by atoms with Crippen LogP contribution in [0.2, 0.25) is 5.02 Å². The minimum Gasteiger partial charge on any atom is -0.490 e. The lowest BCUT2D eigenvalue weighted by atomic mass is 10.2. The van der Waals surface area contributed by atoms with Gasteiger partial charge in [-0.3, -0.25) is 24.1 Å². The molecule has 0 spiro atoms. The van der Waals surface area contributed by atoms with Crippen molar-refractivity contribution in [3.05, 3.63) is 86.2 Å². The number of rotatable bonds is 10. The fourth-order valence-corrected chi connectivity index (χ4v) is 5.33. The molecule has 4 rings (SSSR count). The zero-order chi connectivity index (χ0) is 29.5. The van der Waals surface area contributed by atoms with Gasteiger partial charge >= 0.3 is 0 Å². The van der Waals surface area contributed by atoms with E-state index >= 15 is 0 Å². The van der Waals surface area contributed by atoms with Crippen LogP contribution < -0.4 is 20.1 Å². The smallest absolute Gasteiger partial charge is 0.294 e. The van der Waals surface area contributed by atoms with Crippen molar-refractivity contribution < 1.29 is 28.7 Å². The second-order valence-electron chi connectivity index (χ2n) is 8.75. The van der Waals surface area contributed by atoms with Crippen LogP contribution in [0.5, 0.6) is 11.5 Å². The van der Waals surface area contributed by atoms with Crippen LogP contribution in [0.3, 0.4) is 0 Å². The maximum atomic E-state index is 13.0. The summed E-state index contributed by atoms with van der Waals surface area (Å²) in [4.78, 5) is 51.4. The monoisotopic (exact) mass is 657 g/mol. The molecular weight excluding hydrogens is 634 g/mol. The molecule has 0 saturated carbocycles. The zero-order valence-corrected chi connectivity index (χ0v) is 25.2. The molecule has 12 heteroatoms. The van der Waals surface area contributed by atoms with Crippen LogP contribution in [0.1, 0.15) is 18.1 Å². The Kier molecular flexibility index (Phi) is 10.1. The van der Waals surface area contributed by atoms with Crippen molar-refractivity contribution in [2.45, 2.75) is 13.8 Å². The van der Waals surface area contributed by atoms with E-state index in [9.17, 15) is 19.2 Å². The van der Waals surface area contributed by atoms with E-state index in [1.165, 1.54) is 6.08 Å². The summed E-state index contributed by atoms with van der Waals surface area (Å²) in [6.07, 6.45) is 1.53. The zero-order valence-electron chi connectivity index (χ0n) is 22.0. The molecule has 0 atom stereocenters. The van der Waals surface area contributed by atoms with E-state index < -0.39 is 29.5 Å². The molecular formula is C29H25BrClN3O6S. The Morgan fingerprint density at radius 1 is 1.00 bits per heavy atom. The third-order valence-electron chi connectivity index (χ3n) is 5.67. The molecule has 1 aliphatic heterocycles. The molecule has 1 fully saturated rings. The molecule has 4 amide bonds. The minimum atomic E-state index is -0.578. The first kappa shape index (κ1) is 30.2. The first-order valence-corrected chi connectivity index (χ1v) is 14.4. The molecule has 1 saturated heterocycles. The van der Waals surface area contributed by atoms with Gasteiger partial charge in [-0.15, -0.1) is 0 Å². The summed E-state index contributed by atoms with van der Waals surface area (Å²) < 4.78 is 12.0. The summed E-state index contributed by atoms with van der Waals surface area (Å²) in [6, 6.07) is 17.3. The molecule has 0 bridgehead atoms. The number of thioether (sulfide) groups is 1. The molecule has 0 radical (unpaired) electrons. The number of amides is 4. The van der Waals surface area contributed by atoms with Gasteiger partial charge in [-0.1, -0.05) is 35.9 Å². The highest BCUT2D eigenvalue weighted by molar-refractivity contribution is 9.10. The highest BCUT2D eigenvalue weighted by Gasteiger charge is 2.36. The first-order chi connectivity index (χ1) is 19.6. The number of halogens is 2. The first-order valence-electron chi connectivity index (χ1n) is 12.4. The maximum absolute atomic E-state index is 13.0. The summed E-state index contributed by atoms with van der Waals surface area (Å²) in [6.45, 7) is 3.27. The fraction of sp³-hybridized carbons (Fsp3) is 0.172. The summed E-state index contributed by atoms with van der Waals surface area (Å²) in [7, 11) is 0. The van der Waals surface area contributed by atoms with Crippen LogP contribution >= 0.6 is 39.3 Å². The van der Waals surface area contributed by atoms with Crippen LogP contribution in [0.4, 0.5) is 16.2 Å². The molecule has 1 heterocycles. The number of carbonyl (C=O) groups is 4. The minimum absolute atomic E-state index is 0.154. The number of benzene rings is 3. The van der Waals surface area contributed by atoms with Crippen molar-refractivity contribution in [3.8, 4) is 11.5 Å². The van der Waals surface area contributed by atoms with E-state index in [4.69, 9.17) is 21.1 Å². The SMILES string of the molecule is CCOc1cc(/C=C2\SC(=O)N(CC(=O)Nc3ccccc3)C2=O)cc(Br)c1OCC(=O)Nc1ccc(C)c(Cl)c1. The van der Waals surface area contributed by atoms with Gasteiger partial charge in [-0.2, -0.15) is 0 Å². The highest BCUT2D eigenvalue weighted by atomic mass is 79.9. The van der Waals surface area contributed by atoms with E-state index in [0.29, 0.717) is 44.5 Å². The summed E-state index contributed by atoms with van der Waals surface area (Å²) in [5.41, 5.74) is 2.54. The second kappa shape index (κ2) is 13.7. The Morgan fingerprint density at radius 2 is 1.73 bits per heavy atom. The van der Waals surface area contributed by atoms with Gasteiger partial charge < -0.3 is 20.1 Å². The third-order valence-corrected chi connectivity index (χ3v) is 7.57. The standard InChI is InChI=1S/C29H25BrClN3O6S/c1-3-39-23-12-18(11-21(30)27(23)40-16-26(36)33-20-10-9-17(2)22(31)14-20)13-24-28(37)34(29(38)41-24)15-25(35)32-19-7-5-4-6-8-19/h4-14H,3,15-16H2,1-2H3,(H,32,35)(H,33,36)/b24-13-. The fourth-order valence-electron chi connectivity index (χ4n) is 3.73. The molecule has 2 N–H and O–H groups in total. The number of nitrogens with zero attached hydrogens (tertiary/aromatic N) is 1. The molecule has 3 aromatic carbocycles.